The third-order valence-electron chi connectivity index (χ3n) is 4.04. The number of anilines is 3. The molecule has 1 aromatic heterocycles. The Labute approximate surface area is 154 Å². The van der Waals surface area contributed by atoms with E-state index in [9.17, 15) is 4.79 Å². The Kier molecular flexibility index (Phi) is 6.15. The number of nitrogens with one attached hydrogen (secondary N) is 1. The first-order chi connectivity index (χ1) is 12.2. The predicted molar refractivity (Wildman–Crippen MR) is 105 cm³/mol. The SMILES string of the molecule is Cc1cc(C)cc(Nc2nc(N(N)C(C)CC(C)C)ncc2C(N)=O)c1. The van der Waals surface area contributed by atoms with Crippen LogP contribution in [0.15, 0.2) is 24.4 Å². The van der Waals surface area contributed by atoms with Crippen molar-refractivity contribution in [3.05, 3.63) is 41.1 Å². The predicted octanol–water partition coefficient (Wildman–Crippen LogP) is 3.05. The Bertz CT molecular complexity index is 769. The Hall–Kier alpha value is -2.67. The summed E-state index contributed by atoms with van der Waals surface area (Å²) in [6.07, 6.45) is 2.31. The van der Waals surface area contributed by atoms with Gasteiger partial charge in [0.15, 0.2) is 0 Å². The fourth-order valence-corrected chi connectivity index (χ4v) is 2.95. The molecule has 7 nitrogen and oxygen atoms in total. The van der Waals surface area contributed by atoms with Crippen LogP contribution in [0.3, 0.4) is 0 Å². The van der Waals surface area contributed by atoms with E-state index in [1.807, 2.05) is 32.9 Å². The van der Waals surface area contributed by atoms with E-state index in [4.69, 9.17) is 11.6 Å². The van der Waals surface area contributed by atoms with Crippen LogP contribution in [0.2, 0.25) is 0 Å². The summed E-state index contributed by atoms with van der Waals surface area (Å²) in [5, 5.41) is 4.70. The van der Waals surface area contributed by atoms with Gasteiger partial charge < -0.3 is 11.1 Å². The molecule has 1 unspecified atom stereocenters. The van der Waals surface area contributed by atoms with E-state index in [2.05, 4.69) is 35.2 Å². The van der Waals surface area contributed by atoms with Crippen molar-refractivity contribution in [1.29, 1.82) is 0 Å². The number of amides is 1. The number of aryl methyl sites for hydroxylation is 2. The van der Waals surface area contributed by atoms with Crippen LogP contribution >= 0.6 is 0 Å². The second kappa shape index (κ2) is 8.14. The molecule has 5 N–H and O–H groups in total. The van der Waals surface area contributed by atoms with Crippen molar-refractivity contribution in [3.63, 3.8) is 0 Å². The number of hydrogen-bond acceptors (Lipinski definition) is 6. The number of hydrazine groups is 1. The van der Waals surface area contributed by atoms with Gasteiger partial charge in [-0.3, -0.25) is 9.80 Å². The quantitative estimate of drug-likeness (QED) is 0.519. The van der Waals surface area contributed by atoms with Gasteiger partial charge in [0.2, 0.25) is 5.95 Å². The molecule has 2 aromatic rings. The Morgan fingerprint density at radius 2 is 1.81 bits per heavy atom. The van der Waals surface area contributed by atoms with E-state index in [-0.39, 0.29) is 11.6 Å². The molecule has 0 aliphatic heterocycles. The van der Waals surface area contributed by atoms with Crippen molar-refractivity contribution in [2.24, 2.45) is 17.5 Å². The summed E-state index contributed by atoms with van der Waals surface area (Å²) in [5.41, 5.74) is 8.73. The van der Waals surface area contributed by atoms with Gasteiger partial charge in [-0.2, -0.15) is 4.98 Å². The van der Waals surface area contributed by atoms with Crippen LogP contribution in [0.4, 0.5) is 17.5 Å². The van der Waals surface area contributed by atoms with Crippen LogP contribution in [0, 0.1) is 19.8 Å². The molecule has 0 spiro atoms. The van der Waals surface area contributed by atoms with Crippen molar-refractivity contribution in [2.45, 2.75) is 47.1 Å². The number of aromatic nitrogens is 2. The molecule has 140 valence electrons. The summed E-state index contributed by atoms with van der Waals surface area (Å²) in [6, 6.07) is 6.08. The standard InChI is InChI=1S/C19H28N6O/c1-11(2)6-14(5)25(21)19-22-10-16(17(20)26)18(24-19)23-15-8-12(3)7-13(4)9-15/h7-11,14H,6,21H2,1-5H3,(H2,20,26)(H,22,23,24). The lowest BCUT2D eigenvalue weighted by Gasteiger charge is -2.26. The number of carbonyl (C=O) groups excluding carboxylic acids is 1. The van der Waals surface area contributed by atoms with Gasteiger partial charge in [-0.05, 0) is 56.4 Å². The molecule has 1 amide bonds. The van der Waals surface area contributed by atoms with E-state index in [1.54, 1.807) is 0 Å². The second-order valence-corrected chi connectivity index (χ2v) is 7.18. The number of benzene rings is 1. The normalized spacial score (nSPS) is 12.1. The minimum absolute atomic E-state index is 0.0588. The van der Waals surface area contributed by atoms with Crippen molar-refractivity contribution in [3.8, 4) is 0 Å². The Morgan fingerprint density at radius 3 is 2.35 bits per heavy atom. The average molecular weight is 356 g/mol. The second-order valence-electron chi connectivity index (χ2n) is 7.18. The number of rotatable bonds is 7. The zero-order valence-corrected chi connectivity index (χ0v) is 16.1. The van der Waals surface area contributed by atoms with Gasteiger partial charge in [-0.25, -0.2) is 10.8 Å². The summed E-state index contributed by atoms with van der Waals surface area (Å²) < 4.78 is 0. The molecule has 0 saturated carbocycles. The molecule has 0 aliphatic rings. The molecule has 0 radical (unpaired) electrons. The number of hydrogen-bond donors (Lipinski definition) is 3. The summed E-state index contributed by atoms with van der Waals surface area (Å²) >= 11 is 0. The molecule has 0 saturated heterocycles. The summed E-state index contributed by atoms with van der Waals surface area (Å²) in [6.45, 7) is 10.3. The van der Waals surface area contributed by atoms with Gasteiger partial charge in [0.25, 0.3) is 5.91 Å². The zero-order chi connectivity index (χ0) is 19.4. The van der Waals surface area contributed by atoms with Gasteiger partial charge in [-0.15, -0.1) is 0 Å². The van der Waals surface area contributed by atoms with E-state index in [0.29, 0.717) is 17.7 Å². The van der Waals surface area contributed by atoms with Gasteiger partial charge in [0.05, 0.1) is 0 Å². The van der Waals surface area contributed by atoms with Gasteiger partial charge >= 0.3 is 0 Å². The highest BCUT2D eigenvalue weighted by atomic mass is 16.1. The number of nitrogens with zero attached hydrogens (tertiary/aromatic N) is 3. The van der Waals surface area contributed by atoms with Crippen molar-refractivity contribution < 1.29 is 4.79 Å². The van der Waals surface area contributed by atoms with Gasteiger partial charge in [0, 0.05) is 17.9 Å². The molecule has 0 bridgehead atoms. The number of carbonyl (C=O) groups is 1. The van der Waals surface area contributed by atoms with Crippen molar-refractivity contribution in [2.75, 3.05) is 10.3 Å². The molecule has 2 rings (SSSR count). The van der Waals surface area contributed by atoms with Crippen LogP contribution in [0.25, 0.3) is 0 Å². The maximum atomic E-state index is 11.8. The molecule has 0 aliphatic carbocycles. The lowest BCUT2D eigenvalue weighted by Crippen LogP contribution is -2.41. The van der Waals surface area contributed by atoms with E-state index >= 15 is 0 Å². The first kappa shape index (κ1) is 19.7. The van der Waals surface area contributed by atoms with Crippen LogP contribution in [0.5, 0.6) is 0 Å². The first-order valence-electron chi connectivity index (χ1n) is 8.73. The summed E-state index contributed by atoms with van der Waals surface area (Å²) in [4.78, 5) is 20.4. The summed E-state index contributed by atoms with van der Waals surface area (Å²) in [5.74, 6) is 6.78. The minimum Gasteiger partial charge on any atom is -0.365 e. The lowest BCUT2D eigenvalue weighted by molar-refractivity contribution is 0.100. The Balaban J connectivity index is 2.37. The van der Waals surface area contributed by atoms with Crippen LogP contribution in [-0.4, -0.2) is 21.9 Å². The third kappa shape index (κ3) is 4.92. The number of primary amides is 1. The zero-order valence-electron chi connectivity index (χ0n) is 16.1. The smallest absolute Gasteiger partial charge is 0.254 e. The average Bonchev–Trinajstić information content (AvgIpc) is 2.52. The highest BCUT2D eigenvalue weighted by Crippen LogP contribution is 2.23. The van der Waals surface area contributed by atoms with Crippen molar-refractivity contribution >= 4 is 23.4 Å². The molecular formula is C19H28N6O. The molecule has 1 heterocycles. The molecule has 7 heteroatoms. The van der Waals surface area contributed by atoms with Gasteiger partial charge in [0.1, 0.15) is 11.4 Å². The molecule has 0 fully saturated rings. The van der Waals surface area contributed by atoms with Gasteiger partial charge in [-0.1, -0.05) is 19.9 Å². The van der Waals surface area contributed by atoms with Crippen LogP contribution in [0.1, 0.15) is 48.7 Å². The van der Waals surface area contributed by atoms with Crippen LogP contribution in [-0.2, 0) is 0 Å². The minimum atomic E-state index is -0.595. The fourth-order valence-electron chi connectivity index (χ4n) is 2.95. The highest BCUT2D eigenvalue weighted by Gasteiger charge is 2.19. The van der Waals surface area contributed by atoms with E-state index in [1.165, 1.54) is 11.2 Å². The monoisotopic (exact) mass is 356 g/mol. The molecule has 1 aromatic carbocycles. The number of nitrogens with two attached hydrogens (primary N) is 2. The molecule has 1 atom stereocenters. The maximum absolute atomic E-state index is 11.8. The Morgan fingerprint density at radius 1 is 1.19 bits per heavy atom. The lowest BCUT2D eigenvalue weighted by atomic mass is 10.1. The van der Waals surface area contributed by atoms with E-state index < -0.39 is 5.91 Å². The summed E-state index contributed by atoms with van der Waals surface area (Å²) in [7, 11) is 0. The largest absolute Gasteiger partial charge is 0.365 e. The fraction of sp³-hybridized carbons (Fsp3) is 0.421. The first-order valence-corrected chi connectivity index (χ1v) is 8.73. The topological polar surface area (TPSA) is 110 Å². The molecular weight excluding hydrogens is 328 g/mol. The van der Waals surface area contributed by atoms with E-state index in [0.717, 1.165) is 23.2 Å². The van der Waals surface area contributed by atoms with Crippen LogP contribution < -0.4 is 21.9 Å². The maximum Gasteiger partial charge on any atom is 0.254 e. The molecule has 26 heavy (non-hydrogen) atoms. The van der Waals surface area contributed by atoms with Crippen molar-refractivity contribution in [1.82, 2.24) is 9.97 Å². The highest BCUT2D eigenvalue weighted by molar-refractivity contribution is 5.98. The third-order valence-corrected chi connectivity index (χ3v) is 4.04.